The van der Waals surface area contributed by atoms with Gasteiger partial charge in [-0.3, -0.25) is 9.59 Å². The van der Waals surface area contributed by atoms with Crippen LogP contribution in [0.1, 0.15) is 51.2 Å². The summed E-state index contributed by atoms with van der Waals surface area (Å²) in [7, 11) is 0. The molecule has 1 unspecified atom stereocenters. The molecule has 1 heterocycles. The molecule has 0 radical (unpaired) electrons. The SMILES string of the molecule is CC(C)Oc1ccc(C(=O)NC(C(=O)c2nc3ccccc3s2)c2ccc(CN)cc2)cc1. The maximum atomic E-state index is 13.5. The van der Waals surface area contributed by atoms with E-state index in [0.29, 0.717) is 28.4 Å². The number of carbonyl (C=O) groups excluding carboxylic acids is 2. The second kappa shape index (κ2) is 9.94. The van der Waals surface area contributed by atoms with Gasteiger partial charge in [0.25, 0.3) is 5.91 Å². The Morgan fingerprint density at radius 1 is 1.00 bits per heavy atom. The minimum Gasteiger partial charge on any atom is -0.491 e. The Hall–Kier alpha value is -3.55. The van der Waals surface area contributed by atoms with Crippen LogP contribution in [0.4, 0.5) is 0 Å². The fourth-order valence-corrected chi connectivity index (χ4v) is 4.35. The summed E-state index contributed by atoms with van der Waals surface area (Å²) in [5.41, 5.74) is 8.52. The van der Waals surface area contributed by atoms with Crippen molar-refractivity contribution in [3.63, 3.8) is 0 Å². The average molecular weight is 460 g/mol. The van der Waals surface area contributed by atoms with Crippen LogP contribution < -0.4 is 15.8 Å². The molecule has 7 heteroatoms. The van der Waals surface area contributed by atoms with E-state index in [-0.39, 0.29) is 17.8 Å². The summed E-state index contributed by atoms with van der Waals surface area (Å²) in [6, 6.07) is 20.9. The lowest BCUT2D eigenvalue weighted by atomic mass is 10.0. The largest absolute Gasteiger partial charge is 0.491 e. The second-order valence-electron chi connectivity index (χ2n) is 7.89. The van der Waals surface area contributed by atoms with E-state index in [2.05, 4.69) is 10.3 Å². The van der Waals surface area contributed by atoms with E-state index < -0.39 is 6.04 Å². The van der Waals surface area contributed by atoms with Gasteiger partial charge in [-0.05, 0) is 61.4 Å². The summed E-state index contributed by atoms with van der Waals surface area (Å²) in [6.45, 7) is 4.28. The van der Waals surface area contributed by atoms with Gasteiger partial charge in [0, 0.05) is 12.1 Å². The summed E-state index contributed by atoms with van der Waals surface area (Å²) in [5.74, 6) is 0.0688. The van der Waals surface area contributed by atoms with Crippen molar-refractivity contribution in [2.75, 3.05) is 0 Å². The Labute approximate surface area is 196 Å². The van der Waals surface area contributed by atoms with Crippen LogP contribution >= 0.6 is 11.3 Å². The topological polar surface area (TPSA) is 94.3 Å². The van der Waals surface area contributed by atoms with Crippen molar-refractivity contribution in [3.05, 3.63) is 94.5 Å². The highest BCUT2D eigenvalue weighted by Crippen LogP contribution is 2.27. The number of rotatable bonds is 8. The van der Waals surface area contributed by atoms with Crippen LogP contribution in [-0.2, 0) is 6.54 Å². The van der Waals surface area contributed by atoms with Crippen LogP contribution in [0.3, 0.4) is 0 Å². The van der Waals surface area contributed by atoms with E-state index in [1.54, 1.807) is 24.3 Å². The number of para-hydroxylation sites is 1. The number of nitrogens with two attached hydrogens (primary N) is 1. The van der Waals surface area contributed by atoms with Crippen LogP contribution in [0.2, 0.25) is 0 Å². The third-order valence-electron chi connectivity index (χ3n) is 5.08. The molecular formula is C26H25N3O3S. The molecule has 0 spiro atoms. The van der Waals surface area contributed by atoms with Gasteiger partial charge in [-0.25, -0.2) is 4.98 Å². The third kappa shape index (κ3) is 5.27. The highest BCUT2D eigenvalue weighted by Gasteiger charge is 2.27. The molecule has 0 saturated carbocycles. The number of hydrogen-bond donors (Lipinski definition) is 2. The predicted molar refractivity (Wildman–Crippen MR) is 131 cm³/mol. The van der Waals surface area contributed by atoms with Gasteiger partial charge in [0.2, 0.25) is 5.78 Å². The van der Waals surface area contributed by atoms with Crippen molar-refractivity contribution in [1.29, 1.82) is 0 Å². The van der Waals surface area contributed by atoms with Crippen molar-refractivity contribution in [2.24, 2.45) is 5.73 Å². The van der Waals surface area contributed by atoms with E-state index >= 15 is 0 Å². The van der Waals surface area contributed by atoms with Crippen LogP contribution in [0, 0.1) is 0 Å². The van der Waals surface area contributed by atoms with E-state index in [1.807, 2.05) is 62.4 Å². The average Bonchev–Trinajstić information content (AvgIpc) is 3.26. The third-order valence-corrected chi connectivity index (χ3v) is 6.13. The lowest BCUT2D eigenvalue weighted by Gasteiger charge is -2.18. The van der Waals surface area contributed by atoms with E-state index in [0.717, 1.165) is 15.8 Å². The predicted octanol–water partition coefficient (Wildman–Crippen LogP) is 4.90. The van der Waals surface area contributed by atoms with Gasteiger partial charge < -0.3 is 15.8 Å². The van der Waals surface area contributed by atoms with Gasteiger partial charge in [-0.15, -0.1) is 11.3 Å². The van der Waals surface area contributed by atoms with Gasteiger partial charge in [-0.2, -0.15) is 0 Å². The van der Waals surface area contributed by atoms with Crippen LogP contribution in [0.15, 0.2) is 72.8 Å². The number of aromatic nitrogens is 1. The maximum absolute atomic E-state index is 13.5. The zero-order valence-electron chi connectivity index (χ0n) is 18.4. The van der Waals surface area contributed by atoms with Gasteiger partial charge in [0.15, 0.2) is 5.01 Å². The molecule has 0 aliphatic carbocycles. The number of benzene rings is 3. The number of ketones is 1. The summed E-state index contributed by atoms with van der Waals surface area (Å²) in [5, 5.41) is 3.25. The smallest absolute Gasteiger partial charge is 0.252 e. The zero-order valence-corrected chi connectivity index (χ0v) is 19.3. The van der Waals surface area contributed by atoms with Crippen molar-refractivity contribution in [1.82, 2.24) is 10.3 Å². The van der Waals surface area contributed by atoms with Gasteiger partial charge in [0.1, 0.15) is 11.8 Å². The van der Waals surface area contributed by atoms with Gasteiger partial charge in [-0.1, -0.05) is 36.4 Å². The van der Waals surface area contributed by atoms with Gasteiger partial charge >= 0.3 is 0 Å². The van der Waals surface area contributed by atoms with E-state index in [9.17, 15) is 9.59 Å². The molecule has 4 rings (SSSR count). The summed E-state index contributed by atoms with van der Waals surface area (Å²) in [6.07, 6.45) is 0.0389. The summed E-state index contributed by atoms with van der Waals surface area (Å²) >= 11 is 1.32. The number of carbonyl (C=O) groups is 2. The highest BCUT2D eigenvalue weighted by atomic mass is 32.1. The molecule has 1 atom stereocenters. The zero-order chi connectivity index (χ0) is 23.4. The molecule has 0 aliphatic rings. The number of amides is 1. The molecule has 0 bridgehead atoms. The molecular weight excluding hydrogens is 434 g/mol. The molecule has 3 aromatic carbocycles. The minimum absolute atomic E-state index is 0.0389. The quantitative estimate of drug-likeness (QED) is 0.366. The minimum atomic E-state index is -0.878. The van der Waals surface area contributed by atoms with Crippen LogP contribution in [0.5, 0.6) is 5.75 Å². The first kappa shape index (κ1) is 22.6. The number of nitrogens with zero attached hydrogens (tertiary/aromatic N) is 1. The van der Waals surface area contributed by atoms with Crippen molar-refractivity contribution >= 4 is 33.2 Å². The summed E-state index contributed by atoms with van der Waals surface area (Å²) in [4.78, 5) is 31.0. The van der Waals surface area contributed by atoms with Gasteiger partial charge in [0.05, 0.1) is 16.3 Å². The molecule has 3 N–H and O–H groups in total. The number of Topliss-reactive ketones (excluding diaryl/α,β-unsaturated/α-hetero) is 1. The molecule has 6 nitrogen and oxygen atoms in total. The fraction of sp³-hybridized carbons (Fsp3) is 0.192. The highest BCUT2D eigenvalue weighted by molar-refractivity contribution is 7.20. The molecule has 33 heavy (non-hydrogen) atoms. The van der Waals surface area contributed by atoms with E-state index in [4.69, 9.17) is 10.5 Å². The first-order chi connectivity index (χ1) is 15.9. The molecule has 0 fully saturated rings. The fourth-order valence-electron chi connectivity index (χ4n) is 3.42. The van der Waals surface area contributed by atoms with E-state index in [1.165, 1.54) is 11.3 Å². The molecule has 168 valence electrons. The Morgan fingerprint density at radius 2 is 1.70 bits per heavy atom. The van der Waals surface area contributed by atoms with Crippen LogP contribution in [-0.4, -0.2) is 22.8 Å². The molecule has 4 aromatic rings. The normalized spacial score (nSPS) is 12.0. The van der Waals surface area contributed by atoms with Crippen LogP contribution in [0.25, 0.3) is 10.2 Å². The Balaban J connectivity index is 1.63. The Morgan fingerprint density at radius 3 is 2.33 bits per heavy atom. The molecule has 0 aliphatic heterocycles. The number of thiazole rings is 1. The first-order valence-electron chi connectivity index (χ1n) is 10.7. The number of ether oxygens (including phenoxy) is 1. The molecule has 1 amide bonds. The first-order valence-corrected chi connectivity index (χ1v) is 11.5. The lowest BCUT2D eigenvalue weighted by molar-refractivity contribution is 0.0857. The van der Waals surface area contributed by atoms with Crippen molar-refractivity contribution in [2.45, 2.75) is 32.5 Å². The van der Waals surface area contributed by atoms with Crippen molar-refractivity contribution < 1.29 is 14.3 Å². The Kier molecular flexibility index (Phi) is 6.82. The molecule has 1 aromatic heterocycles. The monoisotopic (exact) mass is 459 g/mol. The maximum Gasteiger partial charge on any atom is 0.252 e. The lowest BCUT2D eigenvalue weighted by Crippen LogP contribution is -2.34. The summed E-state index contributed by atoms with van der Waals surface area (Å²) < 4.78 is 6.56. The number of nitrogens with one attached hydrogen (secondary N) is 1. The number of hydrogen-bond acceptors (Lipinski definition) is 6. The standard InChI is InChI=1S/C26H25N3O3S/c1-16(2)32-20-13-11-19(12-14-20)25(31)29-23(18-9-7-17(15-27)8-10-18)24(30)26-28-21-5-3-4-6-22(21)33-26/h3-14,16,23H,15,27H2,1-2H3,(H,29,31). The van der Waals surface area contributed by atoms with Crippen molar-refractivity contribution in [3.8, 4) is 5.75 Å². The molecule has 0 saturated heterocycles. The number of fused-ring (bicyclic) bond motifs is 1. The Bertz CT molecular complexity index is 1230. The second-order valence-corrected chi connectivity index (χ2v) is 8.92.